The Morgan fingerprint density at radius 3 is 2.56 bits per heavy atom. The Bertz CT molecular complexity index is 265. The number of hydrogen-bond acceptors (Lipinski definition) is 2. The van der Waals surface area contributed by atoms with E-state index in [4.69, 9.17) is 5.73 Å². The largest absolute Gasteiger partial charge is 0.352 e. The molecule has 3 heteroatoms. The van der Waals surface area contributed by atoms with Crippen molar-refractivity contribution in [2.75, 3.05) is 6.54 Å². The Labute approximate surface area is 98.2 Å². The lowest BCUT2D eigenvalue weighted by Gasteiger charge is -2.26. The first kappa shape index (κ1) is 11.9. The van der Waals surface area contributed by atoms with Crippen LogP contribution in [0, 0.1) is 23.7 Å². The maximum absolute atomic E-state index is 12.1. The summed E-state index contributed by atoms with van der Waals surface area (Å²) < 4.78 is 0. The van der Waals surface area contributed by atoms with Crippen molar-refractivity contribution in [1.29, 1.82) is 0 Å². The summed E-state index contributed by atoms with van der Waals surface area (Å²) in [6, 6.07) is 0.145. The normalized spacial score (nSPS) is 34.4. The minimum absolute atomic E-state index is 0.145. The van der Waals surface area contributed by atoms with Crippen LogP contribution in [0.2, 0.25) is 0 Å². The van der Waals surface area contributed by atoms with Gasteiger partial charge in [0.05, 0.1) is 0 Å². The van der Waals surface area contributed by atoms with E-state index in [1.54, 1.807) is 0 Å². The highest BCUT2D eigenvalue weighted by atomic mass is 16.2. The molecule has 4 atom stereocenters. The van der Waals surface area contributed by atoms with E-state index in [0.29, 0.717) is 18.4 Å². The molecule has 3 N–H and O–H groups in total. The van der Waals surface area contributed by atoms with E-state index in [2.05, 4.69) is 19.2 Å². The lowest BCUT2D eigenvalue weighted by atomic mass is 9.87. The van der Waals surface area contributed by atoms with E-state index in [0.717, 1.165) is 12.3 Å². The molecule has 2 fully saturated rings. The summed E-state index contributed by atoms with van der Waals surface area (Å²) in [4.78, 5) is 12.1. The summed E-state index contributed by atoms with van der Waals surface area (Å²) >= 11 is 0. The molecule has 4 unspecified atom stereocenters. The Balaban J connectivity index is 1.88. The van der Waals surface area contributed by atoms with Crippen LogP contribution in [0.25, 0.3) is 0 Å². The van der Waals surface area contributed by atoms with Crippen molar-refractivity contribution in [3.8, 4) is 0 Å². The van der Waals surface area contributed by atoms with E-state index < -0.39 is 0 Å². The fourth-order valence-electron chi connectivity index (χ4n) is 3.35. The lowest BCUT2D eigenvalue weighted by molar-refractivity contribution is -0.127. The fourth-order valence-corrected chi connectivity index (χ4v) is 3.35. The molecule has 2 aliphatic carbocycles. The molecule has 0 aliphatic heterocycles. The quantitative estimate of drug-likeness (QED) is 0.760. The van der Waals surface area contributed by atoms with Crippen molar-refractivity contribution in [2.24, 2.45) is 29.4 Å². The third-order valence-electron chi connectivity index (χ3n) is 4.46. The van der Waals surface area contributed by atoms with Gasteiger partial charge in [0.1, 0.15) is 0 Å². The van der Waals surface area contributed by atoms with E-state index in [-0.39, 0.29) is 17.9 Å². The third kappa shape index (κ3) is 2.24. The van der Waals surface area contributed by atoms with Crippen molar-refractivity contribution in [3.05, 3.63) is 0 Å². The van der Waals surface area contributed by atoms with Gasteiger partial charge in [-0.1, -0.05) is 20.3 Å². The molecule has 16 heavy (non-hydrogen) atoms. The summed E-state index contributed by atoms with van der Waals surface area (Å²) in [6.07, 6.45) is 5.01. The van der Waals surface area contributed by atoms with Gasteiger partial charge >= 0.3 is 0 Å². The van der Waals surface area contributed by atoms with E-state index in [1.165, 1.54) is 19.3 Å². The number of nitrogens with two attached hydrogens (primary N) is 1. The first-order valence-electron chi connectivity index (χ1n) is 6.62. The Morgan fingerprint density at radius 1 is 1.38 bits per heavy atom. The fraction of sp³-hybridized carbons (Fsp3) is 0.923. The molecule has 0 spiro atoms. The maximum atomic E-state index is 12.1. The number of carbonyl (C=O) groups excluding carboxylic acids is 1. The number of hydrogen-bond donors (Lipinski definition) is 2. The molecule has 0 radical (unpaired) electrons. The van der Waals surface area contributed by atoms with Gasteiger partial charge in [0, 0.05) is 18.5 Å². The topological polar surface area (TPSA) is 55.1 Å². The second-order valence-corrected chi connectivity index (χ2v) is 5.88. The highest BCUT2D eigenvalue weighted by molar-refractivity contribution is 5.79. The van der Waals surface area contributed by atoms with Crippen molar-refractivity contribution < 1.29 is 4.79 Å². The molecule has 2 bridgehead atoms. The van der Waals surface area contributed by atoms with Crippen LogP contribution < -0.4 is 11.1 Å². The first-order valence-corrected chi connectivity index (χ1v) is 6.62. The average Bonchev–Trinajstić information content (AvgIpc) is 2.86. The average molecular weight is 224 g/mol. The smallest absolute Gasteiger partial charge is 0.223 e. The molecule has 3 nitrogen and oxygen atoms in total. The second kappa shape index (κ2) is 4.74. The number of rotatable bonds is 4. The van der Waals surface area contributed by atoms with Crippen LogP contribution in [0.5, 0.6) is 0 Å². The highest BCUT2D eigenvalue weighted by Gasteiger charge is 2.43. The van der Waals surface area contributed by atoms with Gasteiger partial charge in [-0.2, -0.15) is 0 Å². The predicted molar refractivity (Wildman–Crippen MR) is 64.8 cm³/mol. The SMILES string of the molecule is CC(C)C(CN)NC(=O)C1CC2CCC1C2. The molecule has 2 saturated carbocycles. The second-order valence-electron chi connectivity index (χ2n) is 5.88. The minimum atomic E-state index is 0.145. The van der Waals surface area contributed by atoms with Crippen molar-refractivity contribution in [1.82, 2.24) is 5.32 Å². The van der Waals surface area contributed by atoms with E-state index in [1.807, 2.05) is 0 Å². The van der Waals surface area contributed by atoms with Gasteiger partial charge in [0.2, 0.25) is 5.91 Å². The van der Waals surface area contributed by atoms with Gasteiger partial charge in [0.15, 0.2) is 0 Å². The van der Waals surface area contributed by atoms with Gasteiger partial charge in [-0.15, -0.1) is 0 Å². The molecular formula is C13H24N2O. The van der Waals surface area contributed by atoms with E-state index >= 15 is 0 Å². The molecule has 2 aliphatic rings. The molecule has 2 rings (SSSR count). The molecule has 1 amide bonds. The van der Waals surface area contributed by atoms with Crippen LogP contribution in [0.4, 0.5) is 0 Å². The molecular weight excluding hydrogens is 200 g/mol. The Morgan fingerprint density at radius 2 is 2.12 bits per heavy atom. The van der Waals surface area contributed by atoms with Crippen LogP contribution in [0.1, 0.15) is 39.5 Å². The zero-order valence-electron chi connectivity index (χ0n) is 10.4. The summed E-state index contributed by atoms with van der Waals surface area (Å²) in [6.45, 7) is 4.77. The Kier molecular flexibility index (Phi) is 3.53. The standard InChI is InChI=1S/C13H24N2O/c1-8(2)12(7-14)15-13(16)11-6-9-3-4-10(11)5-9/h8-12H,3-7,14H2,1-2H3,(H,15,16). The Hall–Kier alpha value is -0.570. The zero-order chi connectivity index (χ0) is 11.7. The van der Waals surface area contributed by atoms with Gasteiger partial charge in [-0.25, -0.2) is 0 Å². The summed E-state index contributed by atoms with van der Waals surface area (Å²) in [5.74, 6) is 2.46. The van der Waals surface area contributed by atoms with Gasteiger partial charge in [-0.3, -0.25) is 4.79 Å². The molecule has 92 valence electrons. The maximum Gasteiger partial charge on any atom is 0.223 e. The molecule has 0 aromatic rings. The van der Waals surface area contributed by atoms with Crippen molar-refractivity contribution in [3.63, 3.8) is 0 Å². The van der Waals surface area contributed by atoms with Gasteiger partial charge in [-0.05, 0) is 37.0 Å². The van der Waals surface area contributed by atoms with Crippen LogP contribution >= 0.6 is 0 Å². The van der Waals surface area contributed by atoms with Crippen LogP contribution in [0.3, 0.4) is 0 Å². The zero-order valence-corrected chi connectivity index (χ0v) is 10.4. The number of amides is 1. The van der Waals surface area contributed by atoms with Gasteiger partial charge < -0.3 is 11.1 Å². The monoisotopic (exact) mass is 224 g/mol. The number of nitrogens with one attached hydrogen (secondary N) is 1. The first-order chi connectivity index (χ1) is 7.61. The van der Waals surface area contributed by atoms with E-state index in [9.17, 15) is 4.79 Å². The van der Waals surface area contributed by atoms with Crippen LogP contribution in [-0.4, -0.2) is 18.5 Å². The third-order valence-corrected chi connectivity index (χ3v) is 4.46. The number of carbonyl (C=O) groups is 1. The molecule has 0 aromatic carbocycles. The summed E-state index contributed by atoms with van der Waals surface area (Å²) in [5, 5.41) is 3.13. The minimum Gasteiger partial charge on any atom is -0.352 e. The van der Waals surface area contributed by atoms with Crippen LogP contribution in [0.15, 0.2) is 0 Å². The summed E-state index contributed by atoms with van der Waals surface area (Å²) in [5.41, 5.74) is 5.68. The molecule has 0 aromatic heterocycles. The van der Waals surface area contributed by atoms with Crippen LogP contribution in [-0.2, 0) is 4.79 Å². The van der Waals surface area contributed by atoms with Crippen molar-refractivity contribution in [2.45, 2.75) is 45.6 Å². The highest BCUT2D eigenvalue weighted by Crippen LogP contribution is 2.48. The lowest BCUT2D eigenvalue weighted by Crippen LogP contribution is -2.46. The predicted octanol–water partition coefficient (Wildman–Crippen LogP) is 1.52. The van der Waals surface area contributed by atoms with Crippen molar-refractivity contribution >= 4 is 5.91 Å². The molecule has 0 saturated heterocycles. The number of fused-ring (bicyclic) bond motifs is 2. The van der Waals surface area contributed by atoms with Gasteiger partial charge in [0.25, 0.3) is 0 Å². The molecule has 0 heterocycles. The summed E-state index contributed by atoms with van der Waals surface area (Å²) in [7, 11) is 0.